The predicted molar refractivity (Wildman–Crippen MR) is 174 cm³/mol. The second-order valence-corrected chi connectivity index (χ2v) is 11.6. The van der Waals surface area contributed by atoms with Crippen LogP contribution in [-0.2, 0) is 16.1 Å². The quantitative estimate of drug-likeness (QED) is 0.0962. The number of anilines is 2. The average Bonchev–Trinajstić information content (AvgIpc) is 3.67. The first kappa shape index (κ1) is 28.8. The minimum Gasteiger partial charge on any atom is -0.493 e. The molecule has 1 aromatic carbocycles. The van der Waals surface area contributed by atoms with Crippen LogP contribution in [0.15, 0.2) is 97.1 Å². The number of thiophene rings is 1. The Morgan fingerprint density at radius 3 is 2.72 bits per heavy atom. The average molecular weight is 709 g/mol. The smallest absolute Gasteiger partial charge is 0.258 e. The van der Waals surface area contributed by atoms with Crippen LogP contribution in [0.4, 0.5) is 15.9 Å². The van der Waals surface area contributed by atoms with Crippen molar-refractivity contribution < 1.29 is 18.7 Å². The van der Waals surface area contributed by atoms with Crippen molar-refractivity contribution >= 4 is 61.6 Å². The molecule has 0 radical (unpaired) electrons. The van der Waals surface area contributed by atoms with Crippen LogP contribution in [0.1, 0.15) is 13.8 Å². The van der Waals surface area contributed by atoms with Gasteiger partial charge in [0.25, 0.3) is 5.91 Å². The molecule has 12 heteroatoms. The summed E-state index contributed by atoms with van der Waals surface area (Å²) < 4.78 is 29.5. The topological polar surface area (TPSA) is 94.4 Å². The van der Waals surface area contributed by atoms with E-state index in [9.17, 15) is 4.79 Å². The maximum Gasteiger partial charge on any atom is 0.258 e. The first-order valence-corrected chi connectivity index (χ1v) is 15.6. The summed E-state index contributed by atoms with van der Waals surface area (Å²) in [6.07, 6.45) is 10.7. The monoisotopic (exact) mass is 708 g/mol. The van der Waals surface area contributed by atoms with Crippen molar-refractivity contribution in [2.45, 2.75) is 24.4 Å². The number of carbonyl (C=O) groups excluding carboxylic acids is 1. The summed E-state index contributed by atoms with van der Waals surface area (Å²) in [7, 11) is 0. The Kier molecular flexibility index (Phi) is 8.38. The molecule has 0 spiro atoms. The maximum absolute atomic E-state index is 15.3. The lowest BCUT2D eigenvalue weighted by atomic mass is 10.1. The molecule has 5 heterocycles. The Hall–Kier alpha value is -4.30. The number of rotatable bonds is 9. The normalized spacial score (nSPS) is 14.8. The Balaban J connectivity index is 1.22. The van der Waals surface area contributed by atoms with Gasteiger partial charge in [-0.05, 0) is 50.3 Å². The fourth-order valence-corrected chi connectivity index (χ4v) is 6.62. The third-order valence-electron chi connectivity index (χ3n) is 6.63. The fraction of sp³-hybridized carbons (Fsp3) is 0.161. The molecule has 1 aliphatic heterocycles. The van der Waals surface area contributed by atoms with Crippen molar-refractivity contribution in [2.75, 3.05) is 16.8 Å². The van der Waals surface area contributed by atoms with Crippen molar-refractivity contribution in [3.63, 3.8) is 0 Å². The molecule has 218 valence electrons. The molecular weight excluding hydrogens is 682 g/mol. The number of carbonyl (C=O) groups is 1. The summed E-state index contributed by atoms with van der Waals surface area (Å²) in [4.78, 5) is 29.7. The summed E-state index contributed by atoms with van der Waals surface area (Å²) >= 11 is 3.65. The molecule has 43 heavy (non-hydrogen) atoms. The minimum atomic E-state index is -0.620. The molecule has 1 unspecified atom stereocenters. The lowest BCUT2D eigenvalue weighted by Gasteiger charge is -2.31. The number of halogens is 2. The molecule has 1 atom stereocenters. The first-order chi connectivity index (χ1) is 20.9. The van der Waals surface area contributed by atoms with E-state index >= 15 is 4.39 Å². The maximum atomic E-state index is 15.3. The van der Waals surface area contributed by atoms with Crippen LogP contribution in [-0.4, -0.2) is 36.1 Å². The second kappa shape index (κ2) is 12.5. The van der Waals surface area contributed by atoms with Crippen molar-refractivity contribution in [3.05, 3.63) is 103 Å². The van der Waals surface area contributed by atoms with Crippen molar-refractivity contribution in [2.24, 2.45) is 0 Å². The predicted octanol–water partition coefficient (Wildman–Crippen LogP) is 7.53. The molecule has 0 aliphatic carbocycles. The largest absolute Gasteiger partial charge is 0.493 e. The Labute approximate surface area is 264 Å². The van der Waals surface area contributed by atoms with Gasteiger partial charge in [0.1, 0.15) is 21.4 Å². The van der Waals surface area contributed by atoms with Crippen molar-refractivity contribution in [1.82, 2.24) is 19.5 Å². The number of pyridine rings is 2. The SMILES string of the molecule is CCOC1=C(C(=O)Nc2ccc(Oc3ccnc4cc(-c5cn(CC)cn5)sc34)c(F)c2)C(I)N(c2ccccn2)C=C1. The number of nitrogens with zero attached hydrogens (tertiary/aromatic N) is 5. The molecule has 0 fully saturated rings. The molecule has 0 saturated heterocycles. The number of alkyl halides is 1. The first-order valence-electron chi connectivity index (χ1n) is 13.5. The molecule has 5 aromatic rings. The van der Waals surface area contributed by atoms with E-state index in [0.29, 0.717) is 29.5 Å². The zero-order valence-corrected chi connectivity index (χ0v) is 26.2. The highest BCUT2D eigenvalue weighted by atomic mass is 127. The number of hydrogen-bond acceptors (Lipinski definition) is 8. The van der Waals surface area contributed by atoms with Gasteiger partial charge < -0.3 is 24.3 Å². The van der Waals surface area contributed by atoms with Crippen LogP contribution < -0.4 is 15.0 Å². The van der Waals surface area contributed by atoms with Gasteiger partial charge in [-0.25, -0.2) is 14.4 Å². The highest BCUT2D eigenvalue weighted by molar-refractivity contribution is 14.1. The molecule has 4 aromatic heterocycles. The van der Waals surface area contributed by atoms with Gasteiger partial charge in [0, 0.05) is 49.2 Å². The van der Waals surface area contributed by atoms with Gasteiger partial charge in [0.15, 0.2) is 11.6 Å². The standard InChI is InChI=1S/C31H26FIN6O3S/c1-3-38-17-22(36-18-38)26-16-21-29(43-26)25(10-13-34-21)42-23-9-8-19(15-20(23)32)37-31(40)28-24(41-4-2)11-14-39(30(28)33)27-7-5-6-12-35-27/h5-18,30H,3-4H2,1-2H3,(H,37,40). The van der Waals surface area contributed by atoms with E-state index in [4.69, 9.17) is 9.47 Å². The van der Waals surface area contributed by atoms with E-state index in [1.807, 2.05) is 53.1 Å². The Morgan fingerprint density at radius 2 is 1.98 bits per heavy atom. The number of allylic oxidation sites excluding steroid dienone is 1. The molecule has 9 nitrogen and oxygen atoms in total. The molecule has 6 rings (SSSR count). The molecule has 0 bridgehead atoms. The van der Waals surface area contributed by atoms with E-state index < -0.39 is 15.8 Å². The number of benzene rings is 1. The number of aryl methyl sites for hydroxylation is 1. The van der Waals surface area contributed by atoms with E-state index in [2.05, 4.69) is 49.8 Å². The van der Waals surface area contributed by atoms with Crippen LogP contribution in [0.2, 0.25) is 0 Å². The van der Waals surface area contributed by atoms with Crippen molar-refractivity contribution in [3.8, 4) is 22.1 Å². The van der Waals surface area contributed by atoms with Gasteiger partial charge in [-0.3, -0.25) is 9.78 Å². The number of nitrogens with one attached hydrogen (secondary N) is 1. The van der Waals surface area contributed by atoms with E-state index in [0.717, 1.165) is 27.3 Å². The van der Waals surface area contributed by atoms with E-state index in [1.54, 1.807) is 36.9 Å². The molecule has 1 amide bonds. The highest BCUT2D eigenvalue weighted by Crippen LogP contribution is 2.39. The lowest BCUT2D eigenvalue weighted by Crippen LogP contribution is -2.36. The Morgan fingerprint density at radius 1 is 1.09 bits per heavy atom. The number of fused-ring (bicyclic) bond motifs is 1. The summed E-state index contributed by atoms with van der Waals surface area (Å²) in [6, 6.07) is 13.6. The summed E-state index contributed by atoms with van der Waals surface area (Å²) in [6.45, 7) is 5.12. The molecule has 0 saturated carbocycles. The highest BCUT2D eigenvalue weighted by Gasteiger charge is 2.31. The van der Waals surface area contributed by atoms with Gasteiger partial charge in [0.05, 0.1) is 39.3 Å². The van der Waals surface area contributed by atoms with Gasteiger partial charge in [-0.2, -0.15) is 0 Å². The van der Waals surface area contributed by atoms with Crippen LogP contribution in [0, 0.1) is 5.82 Å². The fourth-order valence-electron chi connectivity index (χ4n) is 4.53. The van der Waals surface area contributed by atoms with E-state index in [-0.39, 0.29) is 11.4 Å². The summed E-state index contributed by atoms with van der Waals surface area (Å²) in [5.74, 6) is 0.614. The number of amides is 1. The Bertz CT molecular complexity index is 1850. The second-order valence-electron chi connectivity index (χ2n) is 9.38. The number of aromatic nitrogens is 4. The zero-order chi connectivity index (χ0) is 29.9. The minimum absolute atomic E-state index is 0.0265. The third kappa shape index (κ3) is 5.97. The number of ether oxygens (including phenoxy) is 2. The van der Waals surface area contributed by atoms with Crippen LogP contribution in [0.3, 0.4) is 0 Å². The summed E-state index contributed by atoms with van der Waals surface area (Å²) in [5.41, 5.74) is 2.26. The van der Waals surface area contributed by atoms with Crippen LogP contribution in [0.25, 0.3) is 20.8 Å². The summed E-state index contributed by atoms with van der Waals surface area (Å²) in [5, 5.41) is 2.82. The van der Waals surface area contributed by atoms with Crippen LogP contribution >= 0.6 is 33.9 Å². The number of imidazole rings is 1. The van der Waals surface area contributed by atoms with Crippen LogP contribution in [0.5, 0.6) is 11.5 Å². The van der Waals surface area contributed by atoms with E-state index in [1.165, 1.54) is 23.5 Å². The molecule has 1 aliphatic rings. The zero-order valence-electron chi connectivity index (χ0n) is 23.2. The van der Waals surface area contributed by atoms with Gasteiger partial charge in [0.2, 0.25) is 0 Å². The van der Waals surface area contributed by atoms with Gasteiger partial charge in [-0.15, -0.1) is 11.3 Å². The van der Waals surface area contributed by atoms with Crippen molar-refractivity contribution in [1.29, 1.82) is 0 Å². The van der Waals surface area contributed by atoms with Gasteiger partial charge >= 0.3 is 0 Å². The van der Waals surface area contributed by atoms with Gasteiger partial charge in [-0.1, -0.05) is 28.7 Å². The number of hydrogen-bond donors (Lipinski definition) is 1. The molecule has 1 N–H and O–H groups in total. The third-order valence-corrected chi connectivity index (χ3v) is 9.01. The lowest BCUT2D eigenvalue weighted by molar-refractivity contribution is -0.113. The molecular formula is C31H26FIN6O3S.